The van der Waals surface area contributed by atoms with E-state index in [9.17, 15) is 0 Å². The van der Waals surface area contributed by atoms with Crippen LogP contribution in [-0.4, -0.2) is 28.5 Å². The molecule has 0 amide bonds. The highest BCUT2D eigenvalue weighted by molar-refractivity contribution is 5.11. The summed E-state index contributed by atoms with van der Waals surface area (Å²) in [5, 5.41) is 4.30. The molecule has 0 radical (unpaired) electrons. The molecule has 86 valence electrons. The summed E-state index contributed by atoms with van der Waals surface area (Å²) in [6, 6.07) is 2.07. The molecule has 0 spiro atoms. The van der Waals surface area contributed by atoms with Gasteiger partial charge in [-0.25, -0.2) is 0 Å². The third-order valence-electron chi connectivity index (χ3n) is 2.32. The molecule has 0 aliphatic rings. The topological polar surface area (TPSA) is 53.1 Å². The third kappa shape index (κ3) is 3.64. The van der Waals surface area contributed by atoms with Crippen LogP contribution in [0.1, 0.15) is 25.2 Å². The van der Waals surface area contributed by atoms with E-state index in [0.717, 1.165) is 17.8 Å². The van der Waals surface area contributed by atoms with Crippen LogP contribution in [0.25, 0.3) is 0 Å². The number of aromatic nitrogens is 2. The van der Waals surface area contributed by atoms with Crippen molar-refractivity contribution < 1.29 is 4.74 Å². The average Bonchev–Trinajstić information content (AvgIpc) is 2.41. The molecule has 1 unspecified atom stereocenters. The summed E-state index contributed by atoms with van der Waals surface area (Å²) in [5.41, 5.74) is 8.00. The van der Waals surface area contributed by atoms with Crippen molar-refractivity contribution in [3.05, 3.63) is 17.5 Å². The summed E-state index contributed by atoms with van der Waals surface area (Å²) < 4.78 is 7.24. The molecule has 0 fully saturated rings. The van der Waals surface area contributed by atoms with E-state index in [1.165, 1.54) is 0 Å². The van der Waals surface area contributed by atoms with Gasteiger partial charge in [0, 0.05) is 31.3 Å². The van der Waals surface area contributed by atoms with Gasteiger partial charge in [-0.3, -0.25) is 4.68 Å². The second kappa shape index (κ2) is 4.77. The molecule has 0 aromatic carbocycles. The molecule has 15 heavy (non-hydrogen) atoms. The fourth-order valence-corrected chi connectivity index (χ4v) is 1.63. The minimum Gasteiger partial charge on any atom is -0.380 e. The lowest BCUT2D eigenvalue weighted by Crippen LogP contribution is -2.43. The summed E-state index contributed by atoms with van der Waals surface area (Å²) >= 11 is 0. The van der Waals surface area contributed by atoms with Gasteiger partial charge in [-0.15, -0.1) is 0 Å². The molecule has 0 aliphatic heterocycles. The summed E-state index contributed by atoms with van der Waals surface area (Å²) in [4.78, 5) is 0. The minimum absolute atomic E-state index is 0.323. The lowest BCUT2D eigenvalue weighted by atomic mass is 9.98. The maximum Gasteiger partial charge on any atom is 0.0647 e. The predicted molar refractivity (Wildman–Crippen MR) is 60.7 cm³/mol. The molecule has 1 aromatic rings. The molecular formula is C11H21N3O. The van der Waals surface area contributed by atoms with E-state index in [1.54, 1.807) is 0 Å². The lowest BCUT2D eigenvalue weighted by molar-refractivity contribution is 0.100. The van der Waals surface area contributed by atoms with Crippen LogP contribution in [0, 0.1) is 6.92 Å². The lowest BCUT2D eigenvalue weighted by Gasteiger charge is -2.24. The highest BCUT2D eigenvalue weighted by atomic mass is 16.5. The Labute approximate surface area is 91.4 Å². The Balaban J connectivity index is 2.63. The van der Waals surface area contributed by atoms with Gasteiger partial charge < -0.3 is 10.5 Å². The van der Waals surface area contributed by atoms with Gasteiger partial charge in [0.2, 0.25) is 0 Å². The van der Waals surface area contributed by atoms with Crippen LogP contribution in [0.5, 0.6) is 0 Å². The molecule has 2 N–H and O–H groups in total. The van der Waals surface area contributed by atoms with Crippen LogP contribution in [0.3, 0.4) is 0 Å². The first kappa shape index (κ1) is 12.2. The van der Waals surface area contributed by atoms with Crippen LogP contribution in [0.4, 0.5) is 0 Å². The molecular weight excluding hydrogens is 190 g/mol. The van der Waals surface area contributed by atoms with Gasteiger partial charge >= 0.3 is 0 Å². The molecule has 4 heteroatoms. The van der Waals surface area contributed by atoms with E-state index >= 15 is 0 Å². The van der Waals surface area contributed by atoms with Gasteiger partial charge in [-0.05, 0) is 26.8 Å². The van der Waals surface area contributed by atoms with E-state index in [-0.39, 0.29) is 5.54 Å². The van der Waals surface area contributed by atoms with Crippen LogP contribution >= 0.6 is 0 Å². The smallest absolute Gasteiger partial charge is 0.0647 e. The molecule has 4 nitrogen and oxygen atoms in total. The molecule has 0 saturated carbocycles. The number of nitrogens with zero attached hydrogens (tertiary/aromatic N) is 2. The number of ether oxygens (including phenoxy) is 1. The average molecular weight is 211 g/mol. The van der Waals surface area contributed by atoms with Crippen LogP contribution in [-0.2, 0) is 18.2 Å². The Morgan fingerprint density at radius 3 is 2.73 bits per heavy atom. The van der Waals surface area contributed by atoms with Gasteiger partial charge in [0.25, 0.3) is 0 Å². The molecule has 1 aromatic heterocycles. The standard InChI is InChI=1S/C11H21N3O/c1-5-15-8-11(3,12)7-10-6-9(2)13-14(10)4/h6H,5,7-8,12H2,1-4H3. The van der Waals surface area contributed by atoms with Gasteiger partial charge in [0.1, 0.15) is 0 Å². The predicted octanol–water partition coefficient (Wildman–Crippen LogP) is 1.02. The summed E-state index contributed by atoms with van der Waals surface area (Å²) in [6.07, 6.45) is 0.782. The van der Waals surface area contributed by atoms with Crippen molar-refractivity contribution in [3.8, 4) is 0 Å². The van der Waals surface area contributed by atoms with Gasteiger partial charge in [0.15, 0.2) is 0 Å². The Bertz CT molecular complexity index is 318. The zero-order valence-electron chi connectivity index (χ0n) is 10.1. The first-order valence-corrected chi connectivity index (χ1v) is 5.31. The van der Waals surface area contributed by atoms with Gasteiger partial charge in [0.05, 0.1) is 12.3 Å². The first-order valence-electron chi connectivity index (χ1n) is 5.31. The third-order valence-corrected chi connectivity index (χ3v) is 2.32. The summed E-state index contributed by atoms with van der Waals surface area (Å²) in [6.45, 7) is 7.25. The second-order valence-electron chi connectivity index (χ2n) is 4.37. The first-order chi connectivity index (χ1) is 6.94. The zero-order chi connectivity index (χ0) is 11.5. The van der Waals surface area contributed by atoms with Crippen LogP contribution in [0.15, 0.2) is 6.07 Å². The number of hydrogen-bond acceptors (Lipinski definition) is 3. The quantitative estimate of drug-likeness (QED) is 0.791. The zero-order valence-corrected chi connectivity index (χ0v) is 10.1. The second-order valence-corrected chi connectivity index (χ2v) is 4.37. The summed E-state index contributed by atoms with van der Waals surface area (Å²) in [7, 11) is 1.94. The number of rotatable bonds is 5. The maximum absolute atomic E-state index is 6.15. The molecule has 1 heterocycles. The highest BCUT2D eigenvalue weighted by Gasteiger charge is 2.21. The van der Waals surface area contributed by atoms with E-state index in [4.69, 9.17) is 10.5 Å². The number of hydrogen-bond donors (Lipinski definition) is 1. The molecule has 0 saturated heterocycles. The van der Waals surface area contributed by atoms with Crippen LogP contribution < -0.4 is 5.73 Å². The Morgan fingerprint density at radius 1 is 1.60 bits per heavy atom. The van der Waals surface area contributed by atoms with E-state index in [2.05, 4.69) is 11.2 Å². The Hall–Kier alpha value is -0.870. The molecule has 1 rings (SSSR count). The minimum atomic E-state index is -0.323. The maximum atomic E-state index is 6.15. The highest BCUT2D eigenvalue weighted by Crippen LogP contribution is 2.12. The molecule has 1 atom stereocenters. The van der Waals surface area contributed by atoms with Crippen molar-refractivity contribution in [1.82, 2.24) is 9.78 Å². The van der Waals surface area contributed by atoms with Gasteiger partial charge in [-0.2, -0.15) is 5.10 Å². The van der Waals surface area contributed by atoms with E-state index in [1.807, 2.05) is 32.5 Å². The fraction of sp³-hybridized carbons (Fsp3) is 0.727. The summed E-state index contributed by atoms with van der Waals surface area (Å²) in [5.74, 6) is 0. The van der Waals surface area contributed by atoms with Crippen molar-refractivity contribution in [2.45, 2.75) is 32.7 Å². The van der Waals surface area contributed by atoms with E-state index in [0.29, 0.717) is 13.2 Å². The van der Waals surface area contributed by atoms with Crippen molar-refractivity contribution >= 4 is 0 Å². The fourth-order valence-electron chi connectivity index (χ4n) is 1.63. The van der Waals surface area contributed by atoms with Crippen molar-refractivity contribution in [3.63, 3.8) is 0 Å². The normalized spacial score (nSPS) is 15.3. The largest absolute Gasteiger partial charge is 0.380 e. The SMILES string of the molecule is CCOCC(C)(N)Cc1cc(C)nn1C. The van der Waals surface area contributed by atoms with Crippen molar-refractivity contribution in [2.75, 3.05) is 13.2 Å². The molecule has 0 aliphatic carbocycles. The van der Waals surface area contributed by atoms with Gasteiger partial charge in [-0.1, -0.05) is 0 Å². The Morgan fingerprint density at radius 2 is 2.27 bits per heavy atom. The monoisotopic (exact) mass is 211 g/mol. The van der Waals surface area contributed by atoms with Crippen LogP contribution in [0.2, 0.25) is 0 Å². The van der Waals surface area contributed by atoms with Crippen molar-refractivity contribution in [1.29, 1.82) is 0 Å². The molecule has 0 bridgehead atoms. The number of aryl methyl sites for hydroxylation is 2. The van der Waals surface area contributed by atoms with E-state index < -0.39 is 0 Å². The van der Waals surface area contributed by atoms with Crippen molar-refractivity contribution in [2.24, 2.45) is 12.8 Å². The Kier molecular flexibility index (Phi) is 3.88. The number of nitrogens with two attached hydrogens (primary N) is 1.